The number of unbranched alkanes of at least 4 members (excludes halogenated alkanes) is 12. The van der Waals surface area contributed by atoms with Crippen LogP contribution in [0.2, 0.25) is 0 Å². The van der Waals surface area contributed by atoms with Crippen LogP contribution in [0.5, 0.6) is 0 Å². The smallest absolute Gasteiger partial charge is 0.378 e. The standard InChI is InChI=1S/C25H42O9/c1-2-3-4-5-6-7-8-9-10-11-12-13-14-17-32-24-22(30)23(34-25(24)31)19(26)18-33-21(29)16-15-20(27)28/h19,23,26,30H,2-18H2,1H3,(H,27,28)/t19-,23+/m0/s1. The maximum absolute atomic E-state index is 11.9. The van der Waals surface area contributed by atoms with Crippen molar-refractivity contribution in [2.75, 3.05) is 13.2 Å². The van der Waals surface area contributed by atoms with Crippen molar-refractivity contribution < 1.29 is 43.9 Å². The number of carboxylic acids is 1. The van der Waals surface area contributed by atoms with Crippen molar-refractivity contribution in [3.8, 4) is 0 Å². The summed E-state index contributed by atoms with van der Waals surface area (Å²) < 4.78 is 15.0. The van der Waals surface area contributed by atoms with Crippen LogP contribution >= 0.6 is 0 Å². The van der Waals surface area contributed by atoms with Gasteiger partial charge in [0.25, 0.3) is 0 Å². The van der Waals surface area contributed by atoms with Gasteiger partial charge in [-0.15, -0.1) is 0 Å². The Bertz CT molecular complexity index is 644. The summed E-state index contributed by atoms with van der Waals surface area (Å²) in [5, 5.41) is 28.8. The Labute approximate surface area is 202 Å². The lowest BCUT2D eigenvalue weighted by atomic mass is 10.0. The van der Waals surface area contributed by atoms with Gasteiger partial charge in [-0.2, -0.15) is 0 Å². The minimum atomic E-state index is -1.49. The number of aliphatic carboxylic acids is 1. The van der Waals surface area contributed by atoms with Gasteiger partial charge >= 0.3 is 17.9 Å². The summed E-state index contributed by atoms with van der Waals surface area (Å²) in [6, 6.07) is 0. The first-order valence-corrected chi connectivity index (χ1v) is 12.7. The molecule has 0 bridgehead atoms. The molecular formula is C25H42O9. The Morgan fingerprint density at radius 1 is 0.912 bits per heavy atom. The van der Waals surface area contributed by atoms with Crippen LogP contribution in [0.25, 0.3) is 0 Å². The van der Waals surface area contributed by atoms with Crippen LogP contribution in [0.3, 0.4) is 0 Å². The molecule has 0 unspecified atom stereocenters. The first-order chi connectivity index (χ1) is 16.4. The summed E-state index contributed by atoms with van der Waals surface area (Å²) in [6.07, 6.45) is 12.2. The first-order valence-electron chi connectivity index (χ1n) is 12.7. The van der Waals surface area contributed by atoms with E-state index in [0.717, 1.165) is 19.3 Å². The molecule has 1 rings (SSSR count). The van der Waals surface area contributed by atoms with Gasteiger partial charge in [0.15, 0.2) is 11.9 Å². The average Bonchev–Trinajstić information content (AvgIpc) is 3.09. The molecule has 0 amide bonds. The summed E-state index contributed by atoms with van der Waals surface area (Å²) in [7, 11) is 0. The van der Waals surface area contributed by atoms with Gasteiger partial charge in [-0.3, -0.25) is 9.59 Å². The second kappa shape index (κ2) is 18.1. The predicted molar refractivity (Wildman–Crippen MR) is 125 cm³/mol. The van der Waals surface area contributed by atoms with E-state index in [0.29, 0.717) is 0 Å². The van der Waals surface area contributed by atoms with E-state index >= 15 is 0 Å². The van der Waals surface area contributed by atoms with Gasteiger partial charge in [-0.1, -0.05) is 84.0 Å². The molecule has 1 heterocycles. The Balaban J connectivity index is 2.13. The molecule has 0 aromatic carbocycles. The number of cyclic esters (lactones) is 1. The van der Waals surface area contributed by atoms with E-state index in [9.17, 15) is 24.6 Å². The van der Waals surface area contributed by atoms with E-state index in [-0.39, 0.29) is 18.8 Å². The Morgan fingerprint density at radius 3 is 1.97 bits per heavy atom. The normalized spacial score (nSPS) is 16.4. The maximum Gasteiger partial charge on any atom is 0.378 e. The van der Waals surface area contributed by atoms with Gasteiger partial charge < -0.3 is 29.5 Å². The van der Waals surface area contributed by atoms with E-state index in [1.807, 2.05) is 0 Å². The molecule has 3 N–H and O–H groups in total. The van der Waals surface area contributed by atoms with Gasteiger partial charge in [0.05, 0.1) is 19.4 Å². The lowest BCUT2D eigenvalue weighted by Gasteiger charge is -2.17. The Kier molecular flexibility index (Phi) is 15.8. The molecule has 0 aliphatic carbocycles. The van der Waals surface area contributed by atoms with E-state index in [1.54, 1.807) is 0 Å². The fourth-order valence-electron chi connectivity index (χ4n) is 3.69. The van der Waals surface area contributed by atoms with Gasteiger partial charge in [0.1, 0.15) is 12.7 Å². The molecule has 34 heavy (non-hydrogen) atoms. The van der Waals surface area contributed by atoms with Crippen molar-refractivity contribution in [1.82, 2.24) is 0 Å². The third-order valence-corrected chi connectivity index (χ3v) is 5.72. The maximum atomic E-state index is 11.9. The van der Waals surface area contributed by atoms with Crippen LogP contribution in [0.1, 0.15) is 103 Å². The lowest BCUT2D eigenvalue weighted by Crippen LogP contribution is -2.33. The molecule has 9 heteroatoms. The second-order valence-corrected chi connectivity index (χ2v) is 8.78. The number of hydrogen-bond acceptors (Lipinski definition) is 8. The summed E-state index contributed by atoms with van der Waals surface area (Å²) in [5.74, 6) is -3.70. The summed E-state index contributed by atoms with van der Waals surface area (Å²) in [4.78, 5) is 33.8. The molecular weight excluding hydrogens is 444 g/mol. The molecule has 1 aliphatic heterocycles. The van der Waals surface area contributed by atoms with Crippen molar-refractivity contribution in [3.05, 3.63) is 11.5 Å². The second-order valence-electron chi connectivity index (χ2n) is 8.78. The van der Waals surface area contributed by atoms with E-state index in [4.69, 9.17) is 19.3 Å². The van der Waals surface area contributed by atoms with Crippen molar-refractivity contribution in [3.63, 3.8) is 0 Å². The highest BCUT2D eigenvalue weighted by Crippen LogP contribution is 2.25. The highest BCUT2D eigenvalue weighted by molar-refractivity contribution is 5.89. The third kappa shape index (κ3) is 12.8. The van der Waals surface area contributed by atoms with Crippen LogP contribution in [0, 0.1) is 0 Å². The van der Waals surface area contributed by atoms with Gasteiger partial charge in [0, 0.05) is 0 Å². The molecule has 1 aliphatic rings. The Morgan fingerprint density at radius 2 is 1.44 bits per heavy atom. The molecule has 2 atom stereocenters. The topological polar surface area (TPSA) is 140 Å². The van der Waals surface area contributed by atoms with Crippen LogP contribution in [0.4, 0.5) is 0 Å². The molecule has 0 spiro atoms. The number of ether oxygens (including phenoxy) is 3. The largest absolute Gasteiger partial charge is 0.505 e. The van der Waals surface area contributed by atoms with Crippen molar-refractivity contribution in [2.24, 2.45) is 0 Å². The number of hydrogen-bond donors (Lipinski definition) is 3. The molecule has 196 valence electrons. The van der Waals surface area contributed by atoms with Crippen molar-refractivity contribution >= 4 is 17.9 Å². The summed E-state index contributed by atoms with van der Waals surface area (Å²) in [6.45, 7) is 1.93. The van der Waals surface area contributed by atoms with Gasteiger partial charge in [-0.05, 0) is 6.42 Å². The van der Waals surface area contributed by atoms with Crippen LogP contribution in [-0.4, -0.2) is 58.6 Å². The summed E-state index contributed by atoms with van der Waals surface area (Å²) in [5.41, 5.74) is 0. The van der Waals surface area contributed by atoms with Gasteiger partial charge in [0.2, 0.25) is 5.76 Å². The number of aliphatic hydroxyl groups excluding tert-OH is 2. The SMILES string of the molecule is CCCCCCCCCCCCCCCOC1=C(O)[C@@H]([C@@H](O)COC(=O)CCC(=O)O)OC1=O. The van der Waals surface area contributed by atoms with E-state index in [1.165, 1.54) is 64.2 Å². The number of carbonyl (C=O) groups excluding carboxylic acids is 2. The van der Waals surface area contributed by atoms with Crippen molar-refractivity contribution in [1.29, 1.82) is 0 Å². The zero-order valence-corrected chi connectivity index (χ0v) is 20.5. The third-order valence-electron chi connectivity index (χ3n) is 5.72. The van der Waals surface area contributed by atoms with E-state index in [2.05, 4.69) is 6.92 Å². The van der Waals surface area contributed by atoms with Crippen LogP contribution in [0.15, 0.2) is 11.5 Å². The Hall–Kier alpha value is -2.29. The minimum absolute atomic E-state index is 0.249. The van der Waals surface area contributed by atoms with Crippen LogP contribution in [-0.2, 0) is 28.6 Å². The molecule has 9 nitrogen and oxygen atoms in total. The quantitative estimate of drug-likeness (QED) is 0.157. The highest BCUT2D eigenvalue weighted by atomic mass is 16.6. The summed E-state index contributed by atoms with van der Waals surface area (Å²) >= 11 is 0. The zero-order valence-electron chi connectivity index (χ0n) is 20.5. The fraction of sp³-hybridized carbons (Fsp3) is 0.800. The number of rotatable bonds is 21. The molecule has 0 saturated carbocycles. The number of esters is 2. The number of carbonyl (C=O) groups is 3. The van der Waals surface area contributed by atoms with Gasteiger partial charge in [-0.25, -0.2) is 4.79 Å². The molecule has 0 aromatic rings. The predicted octanol–water partition coefficient (Wildman–Crippen LogP) is 4.56. The zero-order chi connectivity index (χ0) is 25.2. The van der Waals surface area contributed by atoms with E-state index < -0.39 is 48.9 Å². The highest BCUT2D eigenvalue weighted by Gasteiger charge is 2.41. The lowest BCUT2D eigenvalue weighted by molar-refractivity contribution is -0.156. The molecule has 0 radical (unpaired) electrons. The van der Waals surface area contributed by atoms with Crippen molar-refractivity contribution in [2.45, 2.75) is 115 Å². The average molecular weight is 487 g/mol. The minimum Gasteiger partial charge on any atom is -0.505 e. The monoisotopic (exact) mass is 486 g/mol. The number of aliphatic hydroxyl groups is 2. The number of carboxylic acid groups (broad SMARTS) is 1. The molecule has 0 fully saturated rings. The first kappa shape index (κ1) is 29.7. The van der Waals surface area contributed by atoms with Crippen LogP contribution < -0.4 is 0 Å². The molecule has 0 saturated heterocycles. The fourth-order valence-corrected chi connectivity index (χ4v) is 3.69. The molecule has 0 aromatic heterocycles.